The Hall–Kier alpha value is -0.973. The minimum atomic E-state index is -1.90. The fraction of sp³-hybridized carbons (Fsp3) is 0.630. The van der Waals surface area contributed by atoms with Crippen LogP contribution >= 0.6 is 0 Å². The smallest absolute Gasteiger partial charge is 0.193 e. The third-order valence-corrected chi connectivity index (χ3v) is 12.0. The Kier molecular flexibility index (Phi) is 14.3. The van der Waals surface area contributed by atoms with E-state index in [0.29, 0.717) is 0 Å². The van der Waals surface area contributed by atoms with Crippen LogP contribution in [0.15, 0.2) is 52.3 Å². The second kappa shape index (κ2) is 15.8. The molecule has 0 aliphatic rings. The van der Waals surface area contributed by atoms with Crippen molar-refractivity contribution in [2.75, 3.05) is 0 Å². The van der Waals surface area contributed by atoms with Gasteiger partial charge in [0.05, 0.1) is 16.9 Å². The number of unbranched alkanes of at least 4 members (excludes halogenated alkanes) is 3. The highest BCUT2D eigenvalue weighted by atomic mass is 32.2. The molecule has 0 aromatic heterocycles. The van der Waals surface area contributed by atoms with Crippen LogP contribution in [-0.2, 0) is 15.2 Å². The van der Waals surface area contributed by atoms with E-state index in [-0.39, 0.29) is 6.10 Å². The van der Waals surface area contributed by atoms with Gasteiger partial charge in [-0.3, -0.25) is 0 Å². The summed E-state index contributed by atoms with van der Waals surface area (Å²) in [5, 5.41) is 0. The van der Waals surface area contributed by atoms with Gasteiger partial charge in [-0.2, -0.15) is 0 Å². The van der Waals surface area contributed by atoms with Crippen molar-refractivity contribution in [1.82, 2.24) is 0 Å². The van der Waals surface area contributed by atoms with Gasteiger partial charge in [0.1, 0.15) is 0 Å². The second-order valence-corrected chi connectivity index (χ2v) is 14.3. The first kappa shape index (κ1) is 28.1. The van der Waals surface area contributed by atoms with Gasteiger partial charge < -0.3 is 4.43 Å². The van der Waals surface area contributed by atoms with E-state index in [0.717, 1.165) is 16.2 Å². The van der Waals surface area contributed by atoms with E-state index >= 15 is 0 Å². The molecule has 1 rings (SSSR count). The van der Waals surface area contributed by atoms with Gasteiger partial charge in [-0.05, 0) is 56.6 Å². The van der Waals surface area contributed by atoms with E-state index in [9.17, 15) is 4.21 Å². The summed E-state index contributed by atoms with van der Waals surface area (Å²) in [4.78, 5) is 1.79. The molecule has 0 aliphatic carbocycles. The van der Waals surface area contributed by atoms with E-state index in [1.165, 1.54) is 62.2 Å². The molecular formula is C27H46O2SSi. The van der Waals surface area contributed by atoms with Crippen molar-refractivity contribution >= 4 is 19.1 Å². The highest BCUT2D eigenvalue weighted by Crippen LogP contribution is 2.34. The van der Waals surface area contributed by atoms with E-state index in [2.05, 4.69) is 34.6 Å². The predicted octanol–water partition coefficient (Wildman–Crippen LogP) is 8.70. The van der Waals surface area contributed by atoms with Crippen LogP contribution in [0.1, 0.15) is 85.1 Å². The molecule has 0 saturated heterocycles. The molecule has 2 atom stereocenters. The Morgan fingerprint density at radius 2 is 1.48 bits per heavy atom. The number of allylic oxidation sites excluding steroid dienone is 3. The maximum atomic E-state index is 13.6. The van der Waals surface area contributed by atoms with E-state index in [4.69, 9.17) is 4.43 Å². The summed E-state index contributed by atoms with van der Waals surface area (Å²) >= 11 is 0. The Balaban J connectivity index is 3.30. The van der Waals surface area contributed by atoms with Crippen LogP contribution in [0.5, 0.6) is 0 Å². The van der Waals surface area contributed by atoms with Crippen molar-refractivity contribution in [3.05, 3.63) is 53.0 Å². The first-order valence-electron chi connectivity index (χ1n) is 12.5. The molecule has 0 N–H and O–H groups in total. The average Bonchev–Trinajstić information content (AvgIpc) is 2.79. The average molecular weight is 463 g/mol. The zero-order valence-electron chi connectivity index (χ0n) is 20.9. The van der Waals surface area contributed by atoms with Crippen molar-refractivity contribution in [2.24, 2.45) is 0 Å². The van der Waals surface area contributed by atoms with Crippen molar-refractivity contribution in [2.45, 2.75) is 116 Å². The summed E-state index contributed by atoms with van der Waals surface area (Å²) in [5.41, 5.74) is 1.19. The fourth-order valence-corrected chi connectivity index (χ4v) is 10.4. The third-order valence-electron chi connectivity index (χ3n) is 5.94. The summed E-state index contributed by atoms with van der Waals surface area (Å²) in [6.45, 7) is 13.1. The van der Waals surface area contributed by atoms with Gasteiger partial charge in [0.15, 0.2) is 8.32 Å². The molecule has 0 unspecified atom stereocenters. The molecule has 2 nitrogen and oxygen atoms in total. The van der Waals surface area contributed by atoms with Gasteiger partial charge in [0.25, 0.3) is 0 Å². The lowest BCUT2D eigenvalue weighted by atomic mass is 10.2. The Morgan fingerprint density at radius 3 is 1.90 bits per heavy atom. The van der Waals surface area contributed by atoms with Crippen molar-refractivity contribution < 1.29 is 8.63 Å². The molecule has 0 bridgehead atoms. The molecule has 0 radical (unpaired) electrons. The molecule has 1 aromatic carbocycles. The zero-order valence-corrected chi connectivity index (χ0v) is 22.7. The summed E-state index contributed by atoms with van der Waals surface area (Å²) in [7, 11) is -3.11. The Morgan fingerprint density at radius 1 is 0.968 bits per heavy atom. The van der Waals surface area contributed by atoms with Gasteiger partial charge in [0.2, 0.25) is 0 Å². The lowest BCUT2D eigenvalue weighted by Gasteiger charge is -2.36. The SMILES string of the molecule is C/C=C/C=C(\[C@@H](CC)O[Si](CCCC)(CCCC)CCCC)[S@@](=O)c1ccc(C)cc1. The second-order valence-electron chi connectivity index (χ2n) is 8.69. The topological polar surface area (TPSA) is 26.3 Å². The van der Waals surface area contributed by atoms with Gasteiger partial charge in [-0.15, -0.1) is 0 Å². The summed E-state index contributed by atoms with van der Waals surface area (Å²) in [6.07, 6.45) is 14.2. The summed E-state index contributed by atoms with van der Waals surface area (Å²) in [5.74, 6) is 0. The number of benzene rings is 1. The third kappa shape index (κ3) is 9.59. The van der Waals surface area contributed by atoms with E-state index in [1.54, 1.807) is 0 Å². The molecular weight excluding hydrogens is 416 g/mol. The lowest BCUT2D eigenvalue weighted by molar-refractivity contribution is 0.220. The van der Waals surface area contributed by atoms with Crippen LogP contribution < -0.4 is 0 Å². The van der Waals surface area contributed by atoms with E-state index in [1.807, 2.05) is 49.4 Å². The number of hydrogen-bond donors (Lipinski definition) is 0. The minimum absolute atomic E-state index is 0.0735. The lowest BCUT2D eigenvalue weighted by Crippen LogP contribution is -2.42. The van der Waals surface area contributed by atoms with Gasteiger partial charge >= 0.3 is 0 Å². The predicted molar refractivity (Wildman–Crippen MR) is 141 cm³/mol. The molecule has 0 saturated carbocycles. The highest BCUT2D eigenvalue weighted by molar-refractivity contribution is 7.89. The highest BCUT2D eigenvalue weighted by Gasteiger charge is 2.37. The summed E-state index contributed by atoms with van der Waals surface area (Å²) in [6, 6.07) is 11.8. The molecule has 0 amide bonds. The Labute approximate surface area is 196 Å². The largest absolute Gasteiger partial charge is 0.409 e. The monoisotopic (exact) mass is 462 g/mol. The molecule has 176 valence electrons. The van der Waals surface area contributed by atoms with Gasteiger partial charge in [-0.25, -0.2) is 4.21 Å². The molecule has 0 aliphatic heterocycles. The number of aryl methyl sites for hydroxylation is 1. The van der Waals surface area contributed by atoms with Gasteiger partial charge in [0, 0.05) is 9.80 Å². The van der Waals surface area contributed by atoms with Crippen LogP contribution in [0.4, 0.5) is 0 Å². The standard InChI is InChI=1S/C27H46O2SSi/c1-7-12-16-27(30(28)25-19-17-24(6)18-20-25)26(11-5)29-31(21-13-8-2,22-14-9-3)23-15-10-4/h7,12,16-20,26H,8-11,13-15,21-23H2,1-6H3/b12-7+,27-16+/t26-,30+/m1/s1. The Bertz CT molecular complexity index is 672. The van der Waals surface area contributed by atoms with Crippen molar-refractivity contribution in [3.8, 4) is 0 Å². The minimum Gasteiger partial charge on any atom is -0.409 e. The van der Waals surface area contributed by atoms with Crippen LogP contribution in [0.25, 0.3) is 0 Å². The van der Waals surface area contributed by atoms with E-state index < -0.39 is 19.1 Å². The first-order valence-corrected chi connectivity index (χ1v) is 16.1. The molecule has 0 fully saturated rings. The normalized spacial score (nSPS) is 14.8. The molecule has 1 aromatic rings. The first-order chi connectivity index (χ1) is 15.0. The van der Waals surface area contributed by atoms with Crippen LogP contribution in [0.2, 0.25) is 18.1 Å². The molecule has 0 heterocycles. The molecule has 0 spiro atoms. The van der Waals surface area contributed by atoms with Crippen molar-refractivity contribution in [3.63, 3.8) is 0 Å². The fourth-order valence-electron chi connectivity index (χ4n) is 3.97. The quantitative estimate of drug-likeness (QED) is 0.181. The maximum absolute atomic E-state index is 13.6. The van der Waals surface area contributed by atoms with Crippen LogP contribution in [0, 0.1) is 6.92 Å². The zero-order chi connectivity index (χ0) is 23.1. The van der Waals surface area contributed by atoms with Crippen LogP contribution in [0.3, 0.4) is 0 Å². The number of rotatable bonds is 16. The van der Waals surface area contributed by atoms with Crippen molar-refractivity contribution in [1.29, 1.82) is 0 Å². The summed E-state index contributed by atoms with van der Waals surface area (Å²) < 4.78 is 20.8. The van der Waals surface area contributed by atoms with Crippen LogP contribution in [-0.4, -0.2) is 18.6 Å². The number of hydrogen-bond acceptors (Lipinski definition) is 2. The maximum Gasteiger partial charge on any atom is 0.193 e. The van der Waals surface area contributed by atoms with Gasteiger partial charge in [-0.1, -0.05) is 96.1 Å². The molecule has 31 heavy (non-hydrogen) atoms. The molecule has 4 heteroatoms.